The highest BCUT2D eigenvalue weighted by molar-refractivity contribution is 6.10. The zero-order valence-corrected chi connectivity index (χ0v) is 14.6. The smallest absolute Gasteiger partial charge is 0.174 e. The normalized spacial score (nSPS) is 11.1. The molecule has 2 N–H and O–H groups in total. The molecule has 0 aliphatic heterocycles. The molecule has 0 aliphatic carbocycles. The average molecular weight is 356 g/mol. The summed E-state index contributed by atoms with van der Waals surface area (Å²) in [5, 5.41) is 4.42. The van der Waals surface area contributed by atoms with E-state index in [9.17, 15) is 0 Å². The van der Waals surface area contributed by atoms with Crippen LogP contribution in [-0.4, -0.2) is 22.1 Å². The molecule has 6 heteroatoms. The van der Waals surface area contributed by atoms with Gasteiger partial charge in [-0.1, -0.05) is 0 Å². The van der Waals surface area contributed by atoms with Gasteiger partial charge in [-0.15, -0.1) is 0 Å². The fourth-order valence-corrected chi connectivity index (χ4v) is 3.18. The number of nitrogens with zero attached hydrogens (tertiary/aromatic N) is 2. The number of nitrogens with one attached hydrogen (secondary N) is 2. The molecule has 3 aromatic heterocycles. The quantitative estimate of drug-likeness (QED) is 0.467. The van der Waals surface area contributed by atoms with Crippen LogP contribution in [0.4, 0.5) is 11.4 Å². The summed E-state index contributed by atoms with van der Waals surface area (Å²) in [4.78, 5) is 12.6. The predicted molar refractivity (Wildman–Crippen MR) is 105 cm³/mol. The van der Waals surface area contributed by atoms with Crippen molar-refractivity contribution in [2.24, 2.45) is 0 Å². The number of aromatic amines is 1. The molecule has 0 unspecified atom stereocenters. The molecule has 3 heterocycles. The number of aromatic nitrogens is 3. The molecule has 0 saturated heterocycles. The van der Waals surface area contributed by atoms with E-state index in [1.54, 1.807) is 19.6 Å². The van der Waals surface area contributed by atoms with Crippen molar-refractivity contribution in [2.45, 2.75) is 0 Å². The summed E-state index contributed by atoms with van der Waals surface area (Å²) < 4.78 is 10.7. The number of fused-ring (bicyclic) bond motifs is 3. The number of pyridine rings is 1. The van der Waals surface area contributed by atoms with Crippen molar-refractivity contribution in [3.63, 3.8) is 0 Å². The number of imidazole rings is 1. The van der Waals surface area contributed by atoms with Crippen LogP contribution in [-0.2, 0) is 0 Å². The third-order valence-corrected chi connectivity index (χ3v) is 4.48. The summed E-state index contributed by atoms with van der Waals surface area (Å²) in [7, 11) is 1.66. The zero-order chi connectivity index (χ0) is 18.2. The van der Waals surface area contributed by atoms with E-state index in [4.69, 9.17) is 14.1 Å². The lowest BCUT2D eigenvalue weighted by Crippen LogP contribution is -1.93. The first-order chi connectivity index (χ1) is 13.3. The van der Waals surface area contributed by atoms with Crippen molar-refractivity contribution in [1.82, 2.24) is 15.0 Å². The van der Waals surface area contributed by atoms with Gasteiger partial charge in [0, 0.05) is 11.9 Å². The van der Waals surface area contributed by atoms with E-state index in [1.807, 2.05) is 54.6 Å². The van der Waals surface area contributed by atoms with Gasteiger partial charge in [-0.2, -0.15) is 0 Å². The molecule has 0 spiro atoms. The molecule has 0 bridgehead atoms. The van der Waals surface area contributed by atoms with Crippen molar-refractivity contribution < 1.29 is 9.15 Å². The largest absolute Gasteiger partial charge is 0.497 e. The van der Waals surface area contributed by atoms with E-state index < -0.39 is 0 Å². The first-order valence-electron chi connectivity index (χ1n) is 8.54. The van der Waals surface area contributed by atoms with Gasteiger partial charge in [0.05, 0.1) is 35.5 Å². The second-order valence-electron chi connectivity index (χ2n) is 6.13. The molecule has 5 aromatic rings. The van der Waals surface area contributed by atoms with Gasteiger partial charge < -0.3 is 19.5 Å². The monoisotopic (exact) mass is 356 g/mol. The lowest BCUT2D eigenvalue weighted by Gasteiger charge is -2.10. The summed E-state index contributed by atoms with van der Waals surface area (Å²) >= 11 is 0. The molecule has 0 radical (unpaired) electrons. The number of hydrogen-bond donors (Lipinski definition) is 2. The molecule has 0 amide bonds. The Bertz CT molecular complexity index is 1220. The van der Waals surface area contributed by atoms with Gasteiger partial charge >= 0.3 is 0 Å². The van der Waals surface area contributed by atoms with E-state index >= 15 is 0 Å². The van der Waals surface area contributed by atoms with Gasteiger partial charge in [0.1, 0.15) is 11.3 Å². The molecule has 0 saturated carbocycles. The minimum atomic E-state index is 0.696. The van der Waals surface area contributed by atoms with Crippen LogP contribution < -0.4 is 10.1 Å². The fraction of sp³-hybridized carbons (Fsp3) is 0.0476. The molecule has 2 aromatic carbocycles. The highest BCUT2D eigenvalue weighted by Crippen LogP contribution is 2.32. The molecule has 0 fully saturated rings. The topological polar surface area (TPSA) is 76.0 Å². The third kappa shape index (κ3) is 2.67. The van der Waals surface area contributed by atoms with Crippen molar-refractivity contribution >= 4 is 33.3 Å². The van der Waals surface area contributed by atoms with Gasteiger partial charge in [0.15, 0.2) is 11.6 Å². The number of methoxy groups -OCH3 is 1. The van der Waals surface area contributed by atoms with Crippen LogP contribution in [0.15, 0.2) is 71.5 Å². The Labute approximate surface area is 154 Å². The van der Waals surface area contributed by atoms with E-state index in [1.165, 1.54) is 0 Å². The number of benzene rings is 2. The summed E-state index contributed by atoms with van der Waals surface area (Å²) in [5.74, 6) is 2.22. The molecule has 0 aliphatic rings. The molecule has 27 heavy (non-hydrogen) atoms. The lowest BCUT2D eigenvalue weighted by molar-refractivity contribution is 0.415. The van der Waals surface area contributed by atoms with Gasteiger partial charge in [0.2, 0.25) is 0 Å². The maximum atomic E-state index is 5.47. The van der Waals surface area contributed by atoms with E-state index in [0.29, 0.717) is 11.6 Å². The first-order valence-corrected chi connectivity index (χ1v) is 8.54. The highest BCUT2D eigenvalue weighted by Gasteiger charge is 2.13. The van der Waals surface area contributed by atoms with Crippen LogP contribution in [0, 0.1) is 0 Å². The zero-order valence-electron chi connectivity index (χ0n) is 14.6. The van der Waals surface area contributed by atoms with E-state index in [2.05, 4.69) is 15.3 Å². The number of anilines is 2. The number of H-pyrrole nitrogens is 1. The van der Waals surface area contributed by atoms with Gasteiger partial charge in [-0.05, 0) is 54.6 Å². The highest BCUT2D eigenvalue weighted by atomic mass is 16.5. The standard InChI is InChI=1S/C21H16N4O2/c1-26-14-6-4-13(5-7-14)23-16-10-11-22-15-8-9-17-20(19(15)16)25-21(24-17)18-3-2-12-27-18/h2-12H,1H3,(H,22,23)(H,24,25). The minimum Gasteiger partial charge on any atom is -0.497 e. The summed E-state index contributed by atoms with van der Waals surface area (Å²) in [6.07, 6.45) is 3.43. The van der Waals surface area contributed by atoms with Crippen LogP contribution in [0.2, 0.25) is 0 Å². The number of ether oxygens (including phenoxy) is 1. The molecule has 0 atom stereocenters. The fourth-order valence-electron chi connectivity index (χ4n) is 3.18. The van der Waals surface area contributed by atoms with Crippen LogP contribution in [0.3, 0.4) is 0 Å². The second kappa shape index (κ2) is 6.17. The van der Waals surface area contributed by atoms with Crippen molar-refractivity contribution in [3.05, 3.63) is 67.1 Å². The summed E-state index contributed by atoms with van der Waals surface area (Å²) in [6, 6.07) is 17.5. The first kappa shape index (κ1) is 15.5. The number of hydrogen-bond acceptors (Lipinski definition) is 5. The number of rotatable bonds is 4. The summed E-state index contributed by atoms with van der Waals surface area (Å²) in [6.45, 7) is 0. The van der Waals surface area contributed by atoms with Crippen molar-refractivity contribution in [3.8, 4) is 17.3 Å². The van der Waals surface area contributed by atoms with E-state index in [-0.39, 0.29) is 0 Å². The Morgan fingerprint density at radius 3 is 2.70 bits per heavy atom. The van der Waals surface area contributed by atoms with Crippen molar-refractivity contribution in [2.75, 3.05) is 12.4 Å². The van der Waals surface area contributed by atoms with Crippen LogP contribution >= 0.6 is 0 Å². The van der Waals surface area contributed by atoms with Gasteiger partial charge in [0.25, 0.3) is 0 Å². The Morgan fingerprint density at radius 2 is 1.93 bits per heavy atom. The van der Waals surface area contributed by atoms with Crippen molar-refractivity contribution in [1.29, 1.82) is 0 Å². The van der Waals surface area contributed by atoms with E-state index in [0.717, 1.165) is 39.1 Å². The summed E-state index contributed by atoms with van der Waals surface area (Å²) in [5.41, 5.74) is 4.55. The van der Waals surface area contributed by atoms with Crippen LogP contribution in [0.25, 0.3) is 33.5 Å². The van der Waals surface area contributed by atoms with Gasteiger partial charge in [-0.3, -0.25) is 4.98 Å². The Morgan fingerprint density at radius 1 is 1.04 bits per heavy atom. The molecule has 132 valence electrons. The molecular formula is C21H16N4O2. The molecule has 6 nitrogen and oxygen atoms in total. The molecule has 5 rings (SSSR count). The maximum absolute atomic E-state index is 5.47. The molecular weight excluding hydrogens is 340 g/mol. The van der Waals surface area contributed by atoms with Crippen LogP contribution in [0.5, 0.6) is 5.75 Å². The average Bonchev–Trinajstić information content (AvgIpc) is 3.38. The predicted octanol–water partition coefficient (Wildman–Crippen LogP) is 5.12. The Balaban J connectivity index is 1.66. The Kier molecular flexibility index (Phi) is 3.53. The lowest BCUT2D eigenvalue weighted by atomic mass is 10.1. The third-order valence-electron chi connectivity index (χ3n) is 4.48. The number of furan rings is 1. The second-order valence-corrected chi connectivity index (χ2v) is 6.13. The Hall–Kier alpha value is -3.80. The van der Waals surface area contributed by atoms with Gasteiger partial charge in [-0.25, -0.2) is 4.98 Å². The maximum Gasteiger partial charge on any atom is 0.174 e. The minimum absolute atomic E-state index is 0.696. The van der Waals surface area contributed by atoms with Crippen LogP contribution in [0.1, 0.15) is 0 Å². The SMILES string of the molecule is COc1ccc(Nc2ccnc3ccc4[nH]c(-c5ccco5)nc4c23)cc1.